The summed E-state index contributed by atoms with van der Waals surface area (Å²) in [5.74, 6) is 1.02. The van der Waals surface area contributed by atoms with E-state index >= 15 is 0 Å². The third-order valence-corrected chi connectivity index (χ3v) is 6.68. The summed E-state index contributed by atoms with van der Waals surface area (Å²) in [5, 5.41) is 2.09. The quantitative estimate of drug-likeness (QED) is 0.422. The Labute approximate surface area is 192 Å². The lowest BCUT2D eigenvalue weighted by Gasteiger charge is -2.18. The van der Waals surface area contributed by atoms with E-state index in [2.05, 4.69) is 4.72 Å². The van der Waals surface area contributed by atoms with Gasteiger partial charge in [-0.25, -0.2) is 13.1 Å². The SMILES string of the molecule is COc1ccc2cc(CN(C)C(=O)c3cccc(S(=O)(=O)NCc4ccco4)c3)ccc2c1. The van der Waals surface area contributed by atoms with Gasteiger partial charge in [0.25, 0.3) is 5.91 Å². The molecule has 0 atom stereocenters. The zero-order valence-electron chi connectivity index (χ0n) is 18.3. The summed E-state index contributed by atoms with van der Waals surface area (Å²) in [6.45, 7) is 0.412. The molecule has 1 aromatic heterocycles. The van der Waals surface area contributed by atoms with Crippen LogP contribution in [0.5, 0.6) is 5.75 Å². The highest BCUT2D eigenvalue weighted by atomic mass is 32.2. The Morgan fingerprint density at radius 1 is 1.00 bits per heavy atom. The predicted molar refractivity (Wildman–Crippen MR) is 125 cm³/mol. The first-order valence-corrected chi connectivity index (χ1v) is 11.8. The highest BCUT2D eigenvalue weighted by molar-refractivity contribution is 7.89. The Morgan fingerprint density at radius 3 is 2.55 bits per heavy atom. The number of carbonyl (C=O) groups excluding carboxylic acids is 1. The minimum atomic E-state index is -3.80. The van der Waals surface area contributed by atoms with Gasteiger partial charge in [-0.2, -0.15) is 0 Å². The Bertz CT molecular complexity index is 1380. The van der Waals surface area contributed by atoms with E-state index in [0.717, 1.165) is 22.1 Å². The first kappa shape index (κ1) is 22.6. The number of benzene rings is 3. The maximum atomic E-state index is 13.0. The van der Waals surface area contributed by atoms with E-state index in [4.69, 9.17) is 9.15 Å². The van der Waals surface area contributed by atoms with Gasteiger partial charge in [-0.05, 0) is 64.9 Å². The lowest BCUT2D eigenvalue weighted by atomic mass is 10.1. The Hall–Kier alpha value is -3.62. The maximum Gasteiger partial charge on any atom is 0.253 e. The molecule has 0 radical (unpaired) electrons. The van der Waals surface area contributed by atoms with E-state index in [-0.39, 0.29) is 17.3 Å². The molecular weight excluding hydrogens is 440 g/mol. The third-order valence-electron chi connectivity index (χ3n) is 5.29. The van der Waals surface area contributed by atoms with Gasteiger partial charge in [0.15, 0.2) is 0 Å². The average molecular weight is 465 g/mol. The van der Waals surface area contributed by atoms with Crippen molar-refractivity contribution in [1.29, 1.82) is 0 Å². The highest BCUT2D eigenvalue weighted by Gasteiger charge is 2.18. The highest BCUT2D eigenvalue weighted by Crippen LogP contribution is 2.23. The minimum absolute atomic E-state index is 0.0213. The molecule has 170 valence electrons. The van der Waals surface area contributed by atoms with Gasteiger partial charge in [-0.3, -0.25) is 4.79 Å². The molecular formula is C25H24N2O5S. The van der Waals surface area contributed by atoms with Crippen molar-refractivity contribution in [2.45, 2.75) is 18.0 Å². The summed E-state index contributed by atoms with van der Waals surface area (Å²) in [5.41, 5.74) is 1.26. The Morgan fingerprint density at radius 2 is 1.79 bits per heavy atom. The van der Waals surface area contributed by atoms with Crippen LogP contribution in [-0.2, 0) is 23.1 Å². The molecule has 0 unspecified atom stereocenters. The van der Waals surface area contributed by atoms with Crippen molar-refractivity contribution in [1.82, 2.24) is 9.62 Å². The van der Waals surface area contributed by atoms with Crippen molar-refractivity contribution in [2.24, 2.45) is 0 Å². The second-order valence-corrected chi connectivity index (χ2v) is 9.41. The van der Waals surface area contributed by atoms with Crippen molar-refractivity contribution in [3.63, 3.8) is 0 Å². The predicted octanol–water partition coefficient (Wildman–Crippen LogP) is 4.19. The van der Waals surface area contributed by atoms with Crippen LogP contribution >= 0.6 is 0 Å². The van der Waals surface area contributed by atoms with Crippen LogP contribution in [0.1, 0.15) is 21.7 Å². The molecule has 4 aromatic rings. The van der Waals surface area contributed by atoms with Gasteiger partial charge < -0.3 is 14.1 Å². The molecule has 4 rings (SSSR count). The average Bonchev–Trinajstić information content (AvgIpc) is 3.36. The Balaban J connectivity index is 1.48. The lowest BCUT2D eigenvalue weighted by molar-refractivity contribution is 0.0785. The number of hydrogen-bond donors (Lipinski definition) is 1. The number of hydrogen-bond acceptors (Lipinski definition) is 5. The van der Waals surface area contributed by atoms with Gasteiger partial charge in [0, 0.05) is 19.2 Å². The normalized spacial score (nSPS) is 11.5. The maximum absolute atomic E-state index is 13.0. The van der Waals surface area contributed by atoms with E-state index in [0.29, 0.717) is 17.9 Å². The van der Waals surface area contributed by atoms with Crippen LogP contribution in [0.25, 0.3) is 10.8 Å². The van der Waals surface area contributed by atoms with E-state index in [1.165, 1.54) is 18.4 Å². The zero-order chi connectivity index (χ0) is 23.4. The number of nitrogens with one attached hydrogen (secondary N) is 1. The van der Waals surface area contributed by atoms with Crippen molar-refractivity contribution < 1.29 is 22.4 Å². The van der Waals surface area contributed by atoms with Crippen molar-refractivity contribution in [3.05, 3.63) is 95.9 Å². The number of amides is 1. The van der Waals surface area contributed by atoms with Gasteiger partial charge in [-0.1, -0.05) is 24.3 Å². The molecule has 1 amide bonds. The fourth-order valence-corrected chi connectivity index (χ4v) is 4.56. The molecule has 1 N–H and O–H groups in total. The number of furan rings is 1. The minimum Gasteiger partial charge on any atom is -0.497 e. The summed E-state index contributed by atoms with van der Waals surface area (Å²) in [6.07, 6.45) is 1.48. The second-order valence-electron chi connectivity index (χ2n) is 7.64. The Kier molecular flexibility index (Phi) is 6.48. The fourth-order valence-electron chi connectivity index (χ4n) is 3.52. The second kappa shape index (κ2) is 9.48. The first-order valence-electron chi connectivity index (χ1n) is 10.3. The number of sulfonamides is 1. The molecule has 0 spiro atoms. The first-order chi connectivity index (χ1) is 15.9. The monoisotopic (exact) mass is 464 g/mol. The van der Waals surface area contributed by atoms with Gasteiger partial charge in [0.1, 0.15) is 11.5 Å². The van der Waals surface area contributed by atoms with Crippen LogP contribution < -0.4 is 9.46 Å². The van der Waals surface area contributed by atoms with Gasteiger partial charge in [0.05, 0.1) is 24.8 Å². The summed E-state index contributed by atoms with van der Waals surface area (Å²) in [4.78, 5) is 14.6. The van der Waals surface area contributed by atoms with Crippen molar-refractivity contribution in [3.8, 4) is 5.75 Å². The van der Waals surface area contributed by atoms with Crippen LogP contribution in [0.3, 0.4) is 0 Å². The van der Waals surface area contributed by atoms with E-state index in [1.807, 2.05) is 36.4 Å². The topological polar surface area (TPSA) is 88.8 Å². The number of nitrogens with zero attached hydrogens (tertiary/aromatic N) is 1. The van der Waals surface area contributed by atoms with Gasteiger partial charge >= 0.3 is 0 Å². The number of ether oxygens (including phenoxy) is 1. The summed E-state index contributed by atoms with van der Waals surface area (Å²) < 4.78 is 38.2. The standard InChI is InChI=1S/C25H24N2O5S/c1-27(17-18-8-9-20-14-22(31-2)11-10-19(20)13-18)25(28)21-5-3-7-24(15-21)33(29,30)26-16-23-6-4-12-32-23/h3-15,26H,16-17H2,1-2H3. The lowest BCUT2D eigenvalue weighted by Crippen LogP contribution is -2.27. The van der Waals surface area contributed by atoms with E-state index < -0.39 is 10.0 Å². The molecule has 0 saturated carbocycles. The largest absolute Gasteiger partial charge is 0.497 e. The van der Waals surface area contributed by atoms with Crippen LogP contribution in [0.15, 0.2) is 88.4 Å². The van der Waals surface area contributed by atoms with Crippen LogP contribution in [0, 0.1) is 0 Å². The zero-order valence-corrected chi connectivity index (χ0v) is 19.1. The number of carbonyl (C=O) groups is 1. The number of methoxy groups -OCH3 is 1. The smallest absolute Gasteiger partial charge is 0.253 e. The molecule has 0 saturated heterocycles. The van der Waals surface area contributed by atoms with Gasteiger partial charge in [-0.15, -0.1) is 0 Å². The van der Waals surface area contributed by atoms with Crippen LogP contribution in [0.2, 0.25) is 0 Å². The molecule has 33 heavy (non-hydrogen) atoms. The summed E-state index contributed by atoms with van der Waals surface area (Å²) in [7, 11) is -0.476. The molecule has 0 aliphatic carbocycles. The molecule has 8 heteroatoms. The summed E-state index contributed by atoms with van der Waals surface area (Å²) >= 11 is 0. The molecule has 0 aliphatic heterocycles. The van der Waals surface area contributed by atoms with E-state index in [9.17, 15) is 13.2 Å². The third kappa shape index (κ3) is 5.24. The van der Waals surface area contributed by atoms with Crippen LogP contribution in [-0.4, -0.2) is 33.4 Å². The van der Waals surface area contributed by atoms with Crippen molar-refractivity contribution in [2.75, 3.05) is 14.2 Å². The molecule has 7 nitrogen and oxygen atoms in total. The molecule has 0 fully saturated rings. The number of fused-ring (bicyclic) bond motifs is 1. The molecule has 0 aliphatic rings. The van der Waals surface area contributed by atoms with Crippen LogP contribution in [0.4, 0.5) is 0 Å². The number of rotatable bonds is 8. The molecule has 0 bridgehead atoms. The van der Waals surface area contributed by atoms with Crippen molar-refractivity contribution >= 4 is 26.7 Å². The fraction of sp³-hybridized carbons (Fsp3) is 0.160. The summed E-state index contributed by atoms with van der Waals surface area (Å²) in [6, 6.07) is 21.2. The molecule has 1 heterocycles. The van der Waals surface area contributed by atoms with E-state index in [1.54, 1.807) is 43.3 Å². The molecule has 3 aromatic carbocycles. The van der Waals surface area contributed by atoms with Gasteiger partial charge in [0.2, 0.25) is 10.0 Å².